The lowest BCUT2D eigenvalue weighted by Gasteiger charge is -2.20. The van der Waals surface area contributed by atoms with Crippen molar-refractivity contribution in [2.45, 2.75) is 18.1 Å². The van der Waals surface area contributed by atoms with Gasteiger partial charge in [-0.05, 0) is 56.7 Å². The predicted molar refractivity (Wildman–Crippen MR) is 108 cm³/mol. The van der Waals surface area contributed by atoms with Gasteiger partial charge in [-0.1, -0.05) is 29.4 Å². The highest BCUT2D eigenvalue weighted by Gasteiger charge is 2.21. The largest absolute Gasteiger partial charge is 0.300 e. The number of aromatic nitrogens is 3. The normalized spacial score (nSPS) is 12.5. The minimum atomic E-state index is 0.0699. The van der Waals surface area contributed by atoms with E-state index in [1.54, 1.807) is 0 Å². The maximum atomic E-state index is 12.3. The average molecular weight is 407 g/mol. The molecule has 0 fully saturated rings. The third kappa shape index (κ3) is 4.17. The van der Waals surface area contributed by atoms with Crippen molar-refractivity contribution < 1.29 is 4.79 Å². The molecule has 136 valence electrons. The SMILES string of the molecule is C[C@H](c1nnc(SCC(=O)c2cccs2)n1-c1ccc(Cl)cc1)N(C)C. The van der Waals surface area contributed by atoms with E-state index in [0.29, 0.717) is 15.9 Å². The van der Waals surface area contributed by atoms with Crippen LogP contribution in [-0.4, -0.2) is 45.3 Å². The van der Waals surface area contributed by atoms with Crippen LogP contribution in [0.1, 0.15) is 28.5 Å². The van der Waals surface area contributed by atoms with Gasteiger partial charge < -0.3 is 0 Å². The quantitative estimate of drug-likeness (QED) is 0.424. The monoisotopic (exact) mass is 406 g/mol. The number of rotatable bonds is 7. The smallest absolute Gasteiger partial charge is 0.196 e. The Kier molecular flexibility index (Phi) is 6.13. The van der Waals surface area contributed by atoms with E-state index >= 15 is 0 Å². The van der Waals surface area contributed by atoms with Gasteiger partial charge in [-0.3, -0.25) is 14.3 Å². The van der Waals surface area contributed by atoms with Crippen LogP contribution >= 0.6 is 34.7 Å². The van der Waals surface area contributed by atoms with Crippen molar-refractivity contribution >= 4 is 40.5 Å². The van der Waals surface area contributed by atoms with E-state index in [-0.39, 0.29) is 11.8 Å². The molecule has 0 unspecified atom stereocenters. The topological polar surface area (TPSA) is 51.0 Å². The molecule has 3 rings (SSSR count). The molecule has 1 aromatic carbocycles. The number of halogens is 1. The molecule has 0 radical (unpaired) electrons. The molecule has 2 heterocycles. The fourth-order valence-corrected chi connectivity index (χ4v) is 4.07. The maximum Gasteiger partial charge on any atom is 0.196 e. The molecule has 0 N–H and O–H groups in total. The van der Waals surface area contributed by atoms with Crippen LogP contribution in [0, 0.1) is 0 Å². The fraction of sp³-hybridized carbons (Fsp3) is 0.278. The van der Waals surface area contributed by atoms with Crippen molar-refractivity contribution in [3.63, 3.8) is 0 Å². The Morgan fingerprint density at radius 2 is 2.00 bits per heavy atom. The molecule has 0 spiro atoms. The number of nitrogens with zero attached hydrogens (tertiary/aromatic N) is 4. The summed E-state index contributed by atoms with van der Waals surface area (Å²) in [5.74, 6) is 1.24. The molecular formula is C18H19ClN4OS2. The molecule has 0 aliphatic rings. The summed E-state index contributed by atoms with van der Waals surface area (Å²) in [5.41, 5.74) is 0.925. The molecule has 5 nitrogen and oxygen atoms in total. The minimum Gasteiger partial charge on any atom is -0.300 e. The van der Waals surface area contributed by atoms with E-state index in [9.17, 15) is 4.79 Å². The van der Waals surface area contributed by atoms with Gasteiger partial charge in [-0.2, -0.15) is 0 Å². The van der Waals surface area contributed by atoms with Gasteiger partial charge in [0, 0.05) is 10.7 Å². The number of carbonyl (C=O) groups excluding carboxylic acids is 1. The zero-order chi connectivity index (χ0) is 18.7. The highest BCUT2D eigenvalue weighted by atomic mass is 35.5. The Balaban J connectivity index is 1.91. The summed E-state index contributed by atoms with van der Waals surface area (Å²) in [4.78, 5) is 15.2. The summed E-state index contributed by atoms with van der Waals surface area (Å²) < 4.78 is 1.99. The minimum absolute atomic E-state index is 0.0699. The van der Waals surface area contributed by atoms with Crippen molar-refractivity contribution in [1.29, 1.82) is 0 Å². The number of benzene rings is 1. The van der Waals surface area contributed by atoms with Crippen molar-refractivity contribution in [3.05, 3.63) is 57.5 Å². The molecule has 0 aliphatic heterocycles. The molecular weight excluding hydrogens is 388 g/mol. The predicted octanol–water partition coefficient (Wildman–Crippen LogP) is 4.58. The van der Waals surface area contributed by atoms with Crippen molar-refractivity contribution in [1.82, 2.24) is 19.7 Å². The second-order valence-corrected chi connectivity index (χ2v) is 8.31. The Morgan fingerprint density at radius 3 is 2.62 bits per heavy atom. The van der Waals surface area contributed by atoms with Gasteiger partial charge in [0.2, 0.25) is 0 Å². The first-order valence-corrected chi connectivity index (χ1v) is 10.3. The first kappa shape index (κ1) is 19.1. The Hall–Kier alpha value is -1.67. The van der Waals surface area contributed by atoms with Gasteiger partial charge in [-0.25, -0.2) is 0 Å². The van der Waals surface area contributed by atoms with Crippen LogP contribution in [-0.2, 0) is 0 Å². The molecule has 0 amide bonds. The van der Waals surface area contributed by atoms with Gasteiger partial charge in [-0.15, -0.1) is 21.5 Å². The summed E-state index contributed by atoms with van der Waals surface area (Å²) in [6.07, 6.45) is 0. The molecule has 8 heteroatoms. The van der Waals surface area contributed by atoms with E-state index < -0.39 is 0 Å². The molecule has 0 aliphatic carbocycles. The van der Waals surface area contributed by atoms with Crippen molar-refractivity contribution in [2.75, 3.05) is 19.8 Å². The van der Waals surface area contributed by atoms with E-state index in [4.69, 9.17) is 11.6 Å². The summed E-state index contributed by atoms with van der Waals surface area (Å²) >= 11 is 8.88. The molecule has 26 heavy (non-hydrogen) atoms. The van der Waals surface area contributed by atoms with Crippen molar-refractivity contribution in [2.24, 2.45) is 0 Å². The van der Waals surface area contributed by atoms with E-state index in [2.05, 4.69) is 22.0 Å². The molecule has 0 saturated carbocycles. The molecule has 2 aromatic heterocycles. The van der Waals surface area contributed by atoms with Crippen LogP contribution in [0.4, 0.5) is 0 Å². The zero-order valence-electron chi connectivity index (χ0n) is 14.7. The Bertz CT molecular complexity index is 875. The lowest BCUT2D eigenvalue weighted by molar-refractivity contribution is 0.102. The van der Waals surface area contributed by atoms with E-state index in [0.717, 1.165) is 16.4 Å². The van der Waals surface area contributed by atoms with Crippen LogP contribution in [0.15, 0.2) is 46.9 Å². The lowest BCUT2D eigenvalue weighted by Crippen LogP contribution is -2.20. The zero-order valence-corrected chi connectivity index (χ0v) is 17.1. The van der Waals surface area contributed by atoms with Gasteiger partial charge >= 0.3 is 0 Å². The number of carbonyl (C=O) groups is 1. The molecule has 3 aromatic rings. The number of thiophene rings is 1. The maximum absolute atomic E-state index is 12.3. The third-order valence-corrected chi connectivity index (χ3v) is 6.11. The van der Waals surface area contributed by atoms with Gasteiger partial charge in [0.1, 0.15) is 0 Å². The van der Waals surface area contributed by atoms with E-state index in [1.165, 1.54) is 23.1 Å². The number of hydrogen-bond acceptors (Lipinski definition) is 6. The van der Waals surface area contributed by atoms with Crippen molar-refractivity contribution in [3.8, 4) is 5.69 Å². The summed E-state index contributed by atoms with van der Waals surface area (Å²) in [6.45, 7) is 2.07. The number of Topliss-reactive ketones (excluding diaryl/α,β-unsaturated/α-hetero) is 1. The summed E-state index contributed by atoms with van der Waals surface area (Å²) in [6, 6.07) is 11.3. The summed E-state index contributed by atoms with van der Waals surface area (Å²) in [5, 5.41) is 12.0. The third-order valence-electron chi connectivity index (χ3n) is 4.02. The first-order chi connectivity index (χ1) is 12.5. The van der Waals surface area contributed by atoms with Crippen LogP contribution in [0.5, 0.6) is 0 Å². The molecule has 1 atom stereocenters. The first-order valence-electron chi connectivity index (χ1n) is 8.04. The van der Waals surface area contributed by atoms with Crippen LogP contribution in [0.2, 0.25) is 5.02 Å². The number of ketones is 1. The lowest BCUT2D eigenvalue weighted by atomic mass is 10.2. The Labute approximate surface area is 166 Å². The van der Waals surface area contributed by atoms with Gasteiger partial charge in [0.05, 0.1) is 16.7 Å². The van der Waals surface area contributed by atoms with Gasteiger partial charge in [0.15, 0.2) is 16.8 Å². The number of hydrogen-bond donors (Lipinski definition) is 0. The van der Waals surface area contributed by atoms with E-state index in [1.807, 2.05) is 60.4 Å². The van der Waals surface area contributed by atoms with Crippen LogP contribution in [0.3, 0.4) is 0 Å². The number of thioether (sulfide) groups is 1. The highest BCUT2D eigenvalue weighted by molar-refractivity contribution is 7.99. The molecule has 0 bridgehead atoms. The second kappa shape index (κ2) is 8.35. The Morgan fingerprint density at radius 1 is 1.27 bits per heavy atom. The fourth-order valence-electron chi connectivity index (χ4n) is 2.35. The highest BCUT2D eigenvalue weighted by Crippen LogP contribution is 2.28. The second-order valence-electron chi connectivity index (χ2n) is 5.98. The average Bonchev–Trinajstić information content (AvgIpc) is 3.29. The van der Waals surface area contributed by atoms with Gasteiger partial charge in [0.25, 0.3) is 0 Å². The van der Waals surface area contributed by atoms with Crippen LogP contribution in [0.25, 0.3) is 5.69 Å². The summed E-state index contributed by atoms with van der Waals surface area (Å²) in [7, 11) is 4.00. The molecule has 0 saturated heterocycles. The standard InChI is InChI=1S/C18H19ClN4OS2/c1-12(22(2)3)17-20-21-18(23(17)14-8-6-13(19)7-9-14)26-11-15(24)16-5-4-10-25-16/h4-10,12H,11H2,1-3H3/t12-/m1/s1. The van der Waals surface area contributed by atoms with Crippen LogP contribution < -0.4 is 0 Å².